The number of amides is 1. The lowest BCUT2D eigenvalue weighted by atomic mass is 10.2. The maximum Gasteiger partial charge on any atom is 0.285 e. The third kappa shape index (κ3) is 3.54. The van der Waals surface area contributed by atoms with E-state index in [4.69, 9.17) is 0 Å². The molecule has 0 aliphatic carbocycles. The van der Waals surface area contributed by atoms with Gasteiger partial charge in [0.1, 0.15) is 11.2 Å². The summed E-state index contributed by atoms with van der Waals surface area (Å²) in [5.41, 5.74) is 1.10. The molecule has 7 heteroatoms. The molecule has 3 aromatic rings. The topological polar surface area (TPSA) is 58.4 Å². The van der Waals surface area contributed by atoms with Crippen LogP contribution in [0.4, 0.5) is 0 Å². The SMILES string of the molecule is O=C(Cn1ncc2ccsc2c1=O)N1CCN(Cc2ccccc2)CC1. The minimum atomic E-state index is -0.187. The summed E-state index contributed by atoms with van der Waals surface area (Å²) in [5, 5.41) is 6.84. The highest BCUT2D eigenvalue weighted by molar-refractivity contribution is 7.17. The van der Waals surface area contributed by atoms with Gasteiger partial charge in [0.25, 0.3) is 5.56 Å². The van der Waals surface area contributed by atoms with Crippen molar-refractivity contribution in [3.05, 3.63) is 63.9 Å². The minimum Gasteiger partial charge on any atom is -0.339 e. The highest BCUT2D eigenvalue weighted by atomic mass is 32.1. The first-order chi connectivity index (χ1) is 12.7. The van der Waals surface area contributed by atoms with Crippen molar-refractivity contribution in [3.63, 3.8) is 0 Å². The van der Waals surface area contributed by atoms with Crippen molar-refractivity contribution < 1.29 is 4.79 Å². The van der Waals surface area contributed by atoms with Gasteiger partial charge in [0, 0.05) is 38.1 Å². The molecule has 1 aliphatic rings. The molecular formula is C19H20N4O2S. The molecule has 0 unspecified atom stereocenters. The van der Waals surface area contributed by atoms with E-state index in [1.54, 1.807) is 6.20 Å². The zero-order valence-electron chi connectivity index (χ0n) is 14.4. The van der Waals surface area contributed by atoms with Gasteiger partial charge in [-0.25, -0.2) is 4.68 Å². The Morgan fingerprint density at radius 1 is 1.08 bits per heavy atom. The van der Waals surface area contributed by atoms with Gasteiger partial charge in [-0.15, -0.1) is 11.3 Å². The van der Waals surface area contributed by atoms with Crippen LogP contribution in [0.1, 0.15) is 5.56 Å². The van der Waals surface area contributed by atoms with Crippen molar-refractivity contribution >= 4 is 27.3 Å². The maximum atomic E-state index is 12.6. The van der Waals surface area contributed by atoms with Crippen LogP contribution in [-0.2, 0) is 17.9 Å². The quantitative estimate of drug-likeness (QED) is 0.705. The first-order valence-electron chi connectivity index (χ1n) is 8.68. The van der Waals surface area contributed by atoms with Gasteiger partial charge < -0.3 is 4.90 Å². The van der Waals surface area contributed by atoms with E-state index < -0.39 is 0 Å². The molecule has 2 aromatic heterocycles. The lowest BCUT2D eigenvalue weighted by molar-refractivity contribution is -0.133. The van der Waals surface area contributed by atoms with E-state index in [-0.39, 0.29) is 18.0 Å². The fourth-order valence-corrected chi connectivity index (χ4v) is 4.05. The number of piperazine rings is 1. The zero-order valence-corrected chi connectivity index (χ0v) is 15.2. The van der Waals surface area contributed by atoms with Gasteiger partial charge in [0.05, 0.1) is 6.20 Å². The normalized spacial score (nSPS) is 15.5. The molecule has 0 radical (unpaired) electrons. The number of thiophene rings is 1. The summed E-state index contributed by atoms with van der Waals surface area (Å²) in [6, 6.07) is 12.2. The summed E-state index contributed by atoms with van der Waals surface area (Å²) in [6.45, 7) is 3.95. The van der Waals surface area contributed by atoms with Gasteiger partial charge in [-0.2, -0.15) is 5.10 Å². The Hall–Kier alpha value is -2.51. The van der Waals surface area contributed by atoms with E-state index in [2.05, 4.69) is 22.1 Å². The van der Waals surface area contributed by atoms with Crippen molar-refractivity contribution in [2.45, 2.75) is 13.1 Å². The fraction of sp³-hybridized carbons (Fsp3) is 0.316. The number of aromatic nitrogens is 2. The van der Waals surface area contributed by atoms with Crippen LogP contribution in [0.3, 0.4) is 0 Å². The van der Waals surface area contributed by atoms with E-state index >= 15 is 0 Å². The Morgan fingerprint density at radius 3 is 2.62 bits per heavy atom. The summed E-state index contributed by atoms with van der Waals surface area (Å²) in [6.07, 6.45) is 1.65. The smallest absolute Gasteiger partial charge is 0.285 e. The van der Waals surface area contributed by atoms with Crippen LogP contribution in [0.15, 0.2) is 52.8 Å². The molecule has 3 heterocycles. The third-order valence-electron chi connectivity index (χ3n) is 4.72. The van der Waals surface area contributed by atoms with E-state index in [1.807, 2.05) is 34.5 Å². The molecular weight excluding hydrogens is 348 g/mol. The molecule has 4 rings (SSSR count). The average Bonchev–Trinajstić information content (AvgIpc) is 3.15. The summed E-state index contributed by atoms with van der Waals surface area (Å²) in [7, 11) is 0. The molecule has 1 amide bonds. The molecule has 26 heavy (non-hydrogen) atoms. The molecule has 0 N–H and O–H groups in total. The summed E-state index contributed by atoms with van der Waals surface area (Å²) in [4.78, 5) is 29.1. The van der Waals surface area contributed by atoms with Gasteiger partial charge in [-0.1, -0.05) is 30.3 Å². The average molecular weight is 368 g/mol. The molecule has 6 nitrogen and oxygen atoms in total. The number of carbonyl (C=O) groups excluding carboxylic acids is 1. The fourth-order valence-electron chi connectivity index (χ4n) is 3.23. The molecule has 0 spiro atoms. The van der Waals surface area contributed by atoms with Crippen LogP contribution in [0, 0.1) is 0 Å². The second kappa shape index (κ2) is 7.39. The Bertz CT molecular complexity index is 958. The van der Waals surface area contributed by atoms with E-state index in [0.29, 0.717) is 17.8 Å². The number of carbonyl (C=O) groups is 1. The number of hydrogen-bond acceptors (Lipinski definition) is 5. The molecule has 1 aromatic carbocycles. The molecule has 0 saturated carbocycles. The summed E-state index contributed by atoms with van der Waals surface area (Å²) < 4.78 is 1.93. The van der Waals surface area contributed by atoms with Crippen molar-refractivity contribution in [2.75, 3.05) is 26.2 Å². The van der Waals surface area contributed by atoms with E-state index in [0.717, 1.165) is 25.0 Å². The third-order valence-corrected chi connectivity index (χ3v) is 5.64. The van der Waals surface area contributed by atoms with Crippen LogP contribution < -0.4 is 5.56 Å². The highest BCUT2D eigenvalue weighted by Crippen LogP contribution is 2.15. The number of hydrogen-bond donors (Lipinski definition) is 0. The molecule has 1 saturated heterocycles. The van der Waals surface area contributed by atoms with Crippen molar-refractivity contribution in [1.29, 1.82) is 0 Å². The maximum absolute atomic E-state index is 12.6. The van der Waals surface area contributed by atoms with Gasteiger partial charge in [-0.3, -0.25) is 14.5 Å². The lowest BCUT2D eigenvalue weighted by Gasteiger charge is -2.34. The van der Waals surface area contributed by atoms with Crippen LogP contribution in [0.2, 0.25) is 0 Å². The zero-order chi connectivity index (χ0) is 17.9. The number of fused-ring (bicyclic) bond motifs is 1. The van der Waals surface area contributed by atoms with Crippen molar-refractivity contribution in [2.24, 2.45) is 0 Å². The molecule has 1 fully saturated rings. The summed E-state index contributed by atoms with van der Waals surface area (Å²) >= 11 is 1.39. The van der Waals surface area contributed by atoms with Crippen LogP contribution >= 0.6 is 11.3 Å². The molecule has 134 valence electrons. The Labute approximate surface area is 155 Å². The van der Waals surface area contributed by atoms with Gasteiger partial charge >= 0.3 is 0 Å². The van der Waals surface area contributed by atoms with Gasteiger partial charge in [-0.05, 0) is 17.0 Å². The van der Waals surface area contributed by atoms with Gasteiger partial charge in [0.2, 0.25) is 5.91 Å². The monoisotopic (exact) mass is 368 g/mol. The predicted octanol–water partition coefficient (Wildman–Crippen LogP) is 1.80. The molecule has 1 aliphatic heterocycles. The van der Waals surface area contributed by atoms with Crippen molar-refractivity contribution in [3.8, 4) is 0 Å². The Kier molecular flexibility index (Phi) is 4.81. The Balaban J connectivity index is 1.36. The number of rotatable bonds is 4. The predicted molar refractivity (Wildman–Crippen MR) is 102 cm³/mol. The largest absolute Gasteiger partial charge is 0.339 e. The first kappa shape index (κ1) is 16.9. The molecule has 0 bridgehead atoms. The number of benzene rings is 1. The van der Waals surface area contributed by atoms with Crippen molar-refractivity contribution in [1.82, 2.24) is 19.6 Å². The standard InChI is InChI=1S/C19H20N4O2S/c24-17(14-23-19(25)18-16(12-20-23)6-11-26-18)22-9-7-21(8-10-22)13-15-4-2-1-3-5-15/h1-6,11-12H,7-10,13-14H2. The minimum absolute atomic E-state index is 0.00532. The summed E-state index contributed by atoms with van der Waals surface area (Å²) in [5.74, 6) is -0.0464. The lowest BCUT2D eigenvalue weighted by Crippen LogP contribution is -2.49. The Morgan fingerprint density at radius 2 is 1.85 bits per heavy atom. The van der Waals surface area contributed by atoms with Gasteiger partial charge in [0.15, 0.2) is 0 Å². The first-order valence-corrected chi connectivity index (χ1v) is 9.56. The van der Waals surface area contributed by atoms with Crippen LogP contribution in [0.25, 0.3) is 10.1 Å². The highest BCUT2D eigenvalue weighted by Gasteiger charge is 2.22. The van der Waals surface area contributed by atoms with E-state index in [1.165, 1.54) is 21.6 Å². The van der Waals surface area contributed by atoms with Crippen LogP contribution in [0.5, 0.6) is 0 Å². The van der Waals surface area contributed by atoms with Crippen LogP contribution in [-0.4, -0.2) is 51.7 Å². The number of nitrogens with zero attached hydrogens (tertiary/aromatic N) is 4. The second-order valence-electron chi connectivity index (χ2n) is 6.45. The second-order valence-corrected chi connectivity index (χ2v) is 7.37. The molecule has 0 atom stereocenters. The van der Waals surface area contributed by atoms with E-state index in [9.17, 15) is 9.59 Å².